The number of rotatable bonds is 4. The zero-order valence-corrected chi connectivity index (χ0v) is 19.0. The minimum Gasteiger partial charge on any atom is -0.382 e. The van der Waals surface area contributed by atoms with Crippen LogP contribution in [0.25, 0.3) is 37.8 Å². The summed E-state index contributed by atoms with van der Waals surface area (Å²) in [5.74, 6) is 0. The second kappa shape index (κ2) is 8.04. The van der Waals surface area contributed by atoms with Crippen molar-refractivity contribution in [2.75, 3.05) is 32.5 Å². The van der Waals surface area contributed by atoms with Gasteiger partial charge in [0, 0.05) is 57.8 Å². The molecule has 0 radical (unpaired) electrons. The van der Waals surface area contributed by atoms with Crippen LogP contribution in [0, 0.1) is 0 Å². The molecule has 0 bridgehead atoms. The van der Waals surface area contributed by atoms with E-state index in [0.717, 1.165) is 47.7 Å². The fourth-order valence-electron chi connectivity index (χ4n) is 4.16. The minimum absolute atomic E-state index is 0.456. The highest BCUT2D eigenvalue weighted by atomic mass is 32.1. The molecule has 2 N–H and O–H groups in total. The molecule has 1 aliphatic rings. The molecule has 0 fully saturated rings. The summed E-state index contributed by atoms with van der Waals surface area (Å²) < 4.78 is 1.31. The quantitative estimate of drug-likeness (QED) is 0.479. The topological polar surface area (TPSA) is 53.1 Å². The molecule has 158 valence electrons. The molecule has 5 rings (SSSR count). The zero-order chi connectivity index (χ0) is 21.5. The van der Waals surface area contributed by atoms with Crippen molar-refractivity contribution in [3.8, 4) is 11.3 Å². The molecule has 0 unspecified atom stereocenters. The number of aromatic nitrogens is 2. The Morgan fingerprint density at radius 3 is 2.94 bits per heavy atom. The van der Waals surface area contributed by atoms with Crippen molar-refractivity contribution in [3.63, 3.8) is 0 Å². The summed E-state index contributed by atoms with van der Waals surface area (Å²) in [6.45, 7) is 9.03. The lowest BCUT2D eigenvalue weighted by molar-refractivity contribution is 0.463. The van der Waals surface area contributed by atoms with Crippen molar-refractivity contribution in [1.29, 1.82) is 0 Å². The summed E-state index contributed by atoms with van der Waals surface area (Å²) in [5, 5.41) is 9.75. The van der Waals surface area contributed by atoms with Gasteiger partial charge in [0.1, 0.15) is 0 Å². The van der Waals surface area contributed by atoms with E-state index in [0.29, 0.717) is 6.04 Å². The molecular formula is C25H27N5S. The number of likely N-dealkylation sites (N-methyl/N-ethyl adjacent to an activating group) is 1. The van der Waals surface area contributed by atoms with Crippen molar-refractivity contribution >= 4 is 43.6 Å². The van der Waals surface area contributed by atoms with Gasteiger partial charge in [-0.05, 0) is 63.0 Å². The SMILES string of the molecule is C=C(CN(C)C)c1cc(-c2ccc3c(ccc4sc5c(c43)NC[C@@H](C)NC5)n2)ccn1. The minimum atomic E-state index is 0.456. The Bertz CT molecular complexity index is 1290. The normalized spacial score (nSPS) is 16.3. The maximum Gasteiger partial charge on any atom is 0.0717 e. The van der Waals surface area contributed by atoms with Gasteiger partial charge in [-0.1, -0.05) is 6.58 Å². The van der Waals surface area contributed by atoms with Crippen LogP contribution in [0.2, 0.25) is 0 Å². The van der Waals surface area contributed by atoms with E-state index in [1.54, 1.807) is 0 Å². The number of thiophene rings is 1. The number of nitrogens with zero attached hydrogens (tertiary/aromatic N) is 3. The summed E-state index contributed by atoms with van der Waals surface area (Å²) in [4.78, 5) is 13.0. The molecule has 0 spiro atoms. The third kappa shape index (κ3) is 3.82. The fourth-order valence-corrected chi connectivity index (χ4v) is 5.31. The highest BCUT2D eigenvalue weighted by molar-refractivity contribution is 7.20. The van der Waals surface area contributed by atoms with E-state index in [1.165, 1.54) is 26.0 Å². The van der Waals surface area contributed by atoms with E-state index in [1.807, 2.05) is 37.7 Å². The predicted molar refractivity (Wildman–Crippen MR) is 133 cm³/mol. The number of hydrogen-bond acceptors (Lipinski definition) is 6. The third-order valence-corrected chi connectivity index (χ3v) is 6.87. The Morgan fingerprint density at radius 2 is 2.10 bits per heavy atom. The Labute approximate surface area is 186 Å². The van der Waals surface area contributed by atoms with Crippen molar-refractivity contribution in [2.45, 2.75) is 19.5 Å². The lowest BCUT2D eigenvalue weighted by Crippen LogP contribution is -2.29. The molecular weight excluding hydrogens is 402 g/mol. The summed E-state index contributed by atoms with van der Waals surface area (Å²) in [7, 11) is 4.08. The van der Waals surface area contributed by atoms with Crippen LogP contribution in [-0.2, 0) is 6.54 Å². The summed E-state index contributed by atoms with van der Waals surface area (Å²) >= 11 is 1.87. The van der Waals surface area contributed by atoms with E-state index < -0.39 is 0 Å². The molecule has 1 aromatic carbocycles. The molecule has 0 saturated heterocycles. The van der Waals surface area contributed by atoms with Gasteiger partial charge >= 0.3 is 0 Å². The lowest BCUT2D eigenvalue weighted by atomic mass is 10.0. The Balaban J connectivity index is 1.57. The molecule has 0 saturated carbocycles. The lowest BCUT2D eigenvalue weighted by Gasteiger charge is -2.13. The fraction of sp³-hybridized carbons (Fsp3) is 0.280. The second-order valence-corrected chi connectivity index (χ2v) is 9.67. The molecule has 0 aliphatic carbocycles. The van der Waals surface area contributed by atoms with Gasteiger partial charge in [0.05, 0.1) is 22.6 Å². The van der Waals surface area contributed by atoms with Gasteiger partial charge in [-0.25, -0.2) is 4.98 Å². The van der Waals surface area contributed by atoms with Gasteiger partial charge < -0.3 is 15.5 Å². The van der Waals surface area contributed by atoms with E-state index in [2.05, 4.69) is 64.4 Å². The number of pyridine rings is 2. The molecule has 1 atom stereocenters. The number of nitrogens with one attached hydrogen (secondary N) is 2. The second-order valence-electron chi connectivity index (χ2n) is 8.54. The first-order chi connectivity index (χ1) is 15.0. The highest BCUT2D eigenvalue weighted by Gasteiger charge is 2.19. The molecule has 31 heavy (non-hydrogen) atoms. The van der Waals surface area contributed by atoms with Crippen LogP contribution in [0.15, 0.2) is 49.2 Å². The Hall–Kier alpha value is -2.80. The molecule has 4 heterocycles. The summed E-state index contributed by atoms with van der Waals surface area (Å²) in [6, 6.07) is 13.2. The smallest absolute Gasteiger partial charge is 0.0717 e. The number of benzene rings is 1. The maximum absolute atomic E-state index is 5.02. The van der Waals surface area contributed by atoms with E-state index in [9.17, 15) is 0 Å². The Kier molecular flexibility index (Phi) is 5.22. The zero-order valence-electron chi connectivity index (χ0n) is 18.2. The Morgan fingerprint density at radius 1 is 1.23 bits per heavy atom. The van der Waals surface area contributed by atoms with Crippen LogP contribution in [0.3, 0.4) is 0 Å². The van der Waals surface area contributed by atoms with Crippen LogP contribution in [0.1, 0.15) is 17.5 Å². The van der Waals surface area contributed by atoms with Crippen molar-refractivity contribution in [1.82, 2.24) is 20.2 Å². The van der Waals surface area contributed by atoms with Gasteiger partial charge in [-0.2, -0.15) is 0 Å². The van der Waals surface area contributed by atoms with Gasteiger partial charge in [-0.3, -0.25) is 4.98 Å². The van der Waals surface area contributed by atoms with Crippen molar-refractivity contribution in [3.05, 3.63) is 59.7 Å². The molecule has 0 amide bonds. The average Bonchev–Trinajstić information content (AvgIpc) is 3.03. The first-order valence-electron chi connectivity index (χ1n) is 10.6. The van der Waals surface area contributed by atoms with E-state index >= 15 is 0 Å². The van der Waals surface area contributed by atoms with Crippen LogP contribution in [0.5, 0.6) is 0 Å². The van der Waals surface area contributed by atoms with Crippen LogP contribution in [0.4, 0.5) is 5.69 Å². The summed E-state index contributed by atoms with van der Waals surface area (Å²) in [5.41, 5.74) is 6.22. The largest absolute Gasteiger partial charge is 0.382 e. The third-order valence-electron chi connectivity index (χ3n) is 5.72. The van der Waals surface area contributed by atoms with Crippen molar-refractivity contribution in [2.24, 2.45) is 0 Å². The van der Waals surface area contributed by atoms with Crippen molar-refractivity contribution < 1.29 is 0 Å². The van der Waals surface area contributed by atoms with Crippen LogP contribution in [-0.4, -0.2) is 48.1 Å². The molecule has 6 heteroatoms. The molecule has 1 aliphatic heterocycles. The predicted octanol–water partition coefficient (Wildman–Crippen LogP) is 4.99. The van der Waals surface area contributed by atoms with Gasteiger partial charge in [-0.15, -0.1) is 11.3 Å². The first kappa shape index (κ1) is 20.1. The van der Waals surface area contributed by atoms with Crippen LogP contribution < -0.4 is 10.6 Å². The number of fused-ring (bicyclic) bond motifs is 5. The monoisotopic (exact) mass is 429 g/mol. The van der Waals surface area contributed by atoms with Crippen LogP contribution >= 0.6 is 11.3 Å². The molecule has 5 nitrogen and oxygen atoms in total. The van der Waals surface area contributed by atoms with Gasteiger partial charge in [0.2, 0.25) is 0 Å². The van der Waals surface area contributed by atoms with Gasteiger partial charge in [0.25, 0.3) is 0 Å². The average molecular weight is 430 g/mol. The van der Waals surface area contributed by atoms with Gasteiger partial charge in [0.15, 0.2) is 0 Å². The first-order valence-corrected chi connectivity index (χ1v) is 11.4. The standard InChI is InChI=1S/C25H27N5S/c1-15(14-30(3)4)21-11-17(9-10-26-21)19-6-5-18-20(29-19)7-8-22-24(18)25-23(31-22)13-27-16(2)12-28-25/h5-11,16,27-28H,1,12-14H2,2-4H3/t16-/m1/s1. The van der Waals surface area contributed by atoms with E-state index in [-0.39, 0.29) is 0 Å². The summed E-state index contributed by atoms with van der Waals surface area (Å²) in [6.07, 6.45) is 1.84. The van der Waals surface area contributed by atoms with E-state index in [4.69, 9.17) is 4.98 Å². The number of anilines is 1. The highest BCUT2D eigenvalue weighted by Crippen LogP contribution is 2.41. The molecule has 3 aromatic heterocycles. The maximum atomic E-state index is 5.02. The molecule has 4 aromatic rings. The number of hydrogen-bond donors (Lipinski definition) is 2.